The monoisotopic (exact) mass is 440 g/mol. The molecule has 0 aliphatic heterocycles. The molecule has 0 aliphatic carbocycles. The minimum atomic E-state index is -0.593. The van der Waals surface area contributed by atoms with Crippen molar-refractivity contribution < 1.29 is 14.2 Å². The highest BCUT2D eigenvalue weighted by Crippen LogP contribution is 2.30. The van der Waals surface area contributed by atoms with Gasteiger partial charge in [-0.15, -0.1) is 12.4 Å². The Kier molecular flexibility index (Phi) is 7.69. The number of halogens is 2. The Hall–Kier alpha value is -2.86. The second-order valence-corrected chi connectivity index (χ2v) is 7.30. The van der Waals surface area contributed by atoms with Crippen molar-refractivity contribution in [2.75, 3.05) is 13.6 Å². The summed E-state index contributed by atoms with van der Waals surface area (Å²) in [5, 5.41) is 14.9. The summed E-state index contributed by atoms with van der Waals surface area (Å²) in [6, 6.07) is 24.2. The number of hydrogen-bond acceptors (Lipinski definition) is 3. The molecule has 0 saturated carbocycles. The molecular formula is C25H26ClFN2O2. The van der Waals surface area contributed by atoms with E-state index in [2.05, 4.69) is 9.88 Å². The third-order valence-corrected chi connectivity index (χ3v) is 5.26. The van der Waals surface area contributed by atoms with Gasteiger partial charge in [-0.2, -0.15) is 0 Å². The molecule has 0 unspecified atom stereocenters. The molecule has 0 saturated heterocycles. The van der Waals surface area contributed by atoms with Crippen molar-refractivity contribution in [2.24, 2.45) is 0 Å². The zero-order chi connectivity index (χ0) is 20.9. The fourth-order valence-corrected chi connectivity index (χ4v) is 3.79. The van der Waals surface area contributed by atoms with Gasteiger partial charge in [0.25, 0.3) is 0 Å². The number of nitrogens with zero attached hydrogens (tertiary/aromatic N) is 1. The maximum atomic E-state index is 13.8. The Morgan fingerprint density at radius 1 is 1.00 bits per heavy atom. The molecule has 0 amide bonds. The van der Waals surface area contributed by atoms with Gasteiger partial charge in [-0.25, -0.2) is 4.39 Å². The van der Waals surface area contributed by atoms with Crippen molar-refractivity contribution in [1.29, 1.82) is 0 Å². The van der Waals surface area contributed by atoms with Gasteiger partial charge in [0.1, 0.15) is 18.2 Å². The molecule has 6 heteroatoms. The topological polar surface area (TPSA) is 46.4 Å². The van der Waals surface area contributed by atoms with Crippen LogP contribution < -0.4 is 10.1 Å². The summed E-state index contributed by atoms with van der Waals surface area (Å²) in [6.45, 7) is 0.648. The number of likely N-dealkylation sites (N-methyl/N-ethyl adjacent to an activating group) is 1. The van der Waals surface area contributed by atoms with E-state index in [4.69, 9.17) is 4.74 Å². The Morgan fingerprint density at radius 3 is 2.48 bits per heavy atom. The van der Waals surface area contributed by atoms with E-state index in [0.717, 1.165) is 16.5 Å². The van der Waals surface area contributed by atoms with Gasteiger partial charge in [0.2, 0.25) is 0 Å². The quantitative estimate of drug-likeness (QED) is 0.407. The van der Waals surface area contributed by atoms with Crippen LogP contribution in [0.3, 0.4) is 0 Å². The highest BCUT2D eigenvalue weighted by Gasteiger charge is 2.23. The highest BCUT2D eigenvalue weighted by molar-refractivity contribution is 5.85. The second kappa shape index (κ2) is 10.4. The van der Waals surface area contributed by atoms with Crippen LogP contribution in [0.4, 0.5) is 4.39 Å². The zero-order valence-electron chi connectivity index (χ0n) is 17.2. The first kappa shape index (κ1) is 22.8. The van der Waals surface area contributed by atoms with Crippen LogP contribution in [0, 0.1) is 5.82 Å². The third kappa shape index (κ3) is 5.07. The van der Waals surface area contributed by atoms with E-state index in [-0.39, 0.29) is 30.9 Å². The molecule has 2 N–H and O–H groups in total. The fourth-order valence-electron chi connectivity index (χ4n) is 3.79. The molecule has 0 aliphatic rings. The van der Waals surface area contributed by atoms with Crippen LogP contribution in [-0.4, -0.2) is 29.4 Å². The smallest absolute Gasteiger partial charge is 0.129 e. The summed E-state index contributed by atoms with van der Waals surface area (Å²) >= 11 is 0. The van der Waals surface area contributed by atoms with Crippen LogP contribution in [0.15, 0.2) is 85.1 Å². The van der Waals surface area contributed by atoms with Crippen LogP contribution in [-0.2, 0) is 6.61 Å². The zero-order valence-corrected chi connectivity index (χ0v) is 18.1. The molecule has 0 bridgehead atoms. The van der Waals surface area contributed by atoms with Gasteiger partial charge >= 0.3 is 0 Å². The highest BCUT2D eigenvalue weighted by atomic mass is 35.5. The lowest BCUT2D eigenvalue weighted by molar-refractivity contribution is 0.132. The predicted molar refractivity (Wildman–Crippen MR) is 124 cm³/mol. The summed E-state index contributed by atoms with van der Waals surface area (Å²) < 4.78 is 21.7. The lowest BCUT2D eigenvalue weighted by Crippen LogP contribution is -2.33. The Bertz CT molecular complexity index is 1120. The molecule has 1 heterocycles. The van der Waals surface area contributed by atoms with Crippen molar-refractivity contribution >= 4 is 23.3 Å². The van der Waals surface area contributed by atoms with Crippen LogP contribution in [0.1, 0.15) is 17.2 Å². The maximum absolute atomic E-state index is 13.8. The van der Waals surface area contributed by atoms with Crippen LogP contribution >= 0.6 is 12.4 Å². The van der Waals surface area contributed by atoms with E-state index >= 15 is 0 Å². The van der Waals surface area contributed by atoms with Crippen LogP contribution in [0.25, 0.3) is 10.9 Å². The molecular weight excluding hydrogens is 415 g/mol. The number of rotatable bonds is 8. The van der Waals surface area contributed by atoms with E-state index in [1.807, 2.05) is 67.8 Å². The van der Waals surface area contributed by atoms with Gasteiger partial charge in [0.15, 0.2) is 0 Å². The van der Waals surface area contributed by atoms with Gasteiger partial charge in [0, 0.05) is 29.2 Å². The number of ether oxygens (including phenoxy) is 1. The normalized spacial score (nSPS) is 12.9. The average Bonchev–Trinajstić information content (AvgIpc) is 3.17. The number of hydrogen-bond donors (Lipinski definition) is 2. The van der Waals surface area contributed by atoms with Gasteiger partial charge in [-0.3, -0.25) is 0 Å². The summed E-state index contributed by atoms with van der Waals surface area (Å²) in [5.74, 6) is 0.407. The first-order valence-electron chi connectivity index (χ1n) is 10.0. The Morgan fingerprint density at radius 2 is 1.74 bits per heavy atom. The average molecular weight is 441 g/mol. The molecule has 3 aromatic carbocycles. The van der Waals surface area contributed by atoms with E-state index < -0.39 is 6.10 Å². The first-order chi connectivity index (χ1) is 14.7. The van der Waals surface area contributed by atoms with Crippen molar-refractivity contribution in [3.8, 4) is 5.75 Å². The van der Waals surface area contributed by atoms with E-state index in [1.54, 1.807) is 18.2 Å². The van der Waals surface area contributed by atoms with Crippen molar-refractivity contribution in [3.05, 3.63) is 102 Å². The van der Waals surface area contributed by atoms with Crippen molar-refractivity contribution in [1.82, 2.24) is 9.88 Å². The maximum Gasteiger partial charge on any atom is 0.129 e. The number of benzene rings is 3. The van der Waals surface area contributed by atoms with Gasteiger partial charge in [-0.05, 0) is 42.9 Å². The summed E-state index contributed by atoms with van der Waals surface area (Å²) in [7, 11) is 1.83. The number of aliphatic hydroxyl groups excluding tert-OH is 1. The van der Waals surface area contributed by atoms with Crippen LogP contribution in [0.2, 0.25) is 0 Å². The standard InChI is InChI=1S/C25H25FN2O2.ClH/c1-27-16-24(29)25(18-7-3-2-4-8-18)28-14-13-19-15-21(11-12-23(19)28)30-17-20-9-5-6-10-22(20)26;/h2-15,24-25,27,29H,16-17H2,1H3;1H/t24-,25+;/m1./s1. The summed E-state index contributed by atoms with van der Waals surface area (Å²) in [5.41, 5.74) is 2.56. The van der Waals surface area contributed by atoms with Gasteiger partial charge in [-0.1, -0.05) is 48.5 Å². The number of aliphatic hydroxyl groups is 1. The molecule has 162 valence electrons. The first-order valence-corrected chi connectivity index (χ1v) is 10.0. The molecule has 31 heavy (non-hydrogen) atoms. The van der Waals surface area contributed by atoms with Gasteiger partial charge < -0.3 is 19.7 Å². The molecule has 1 aromatic heterocycles. The van der Waals surface area contributed by atoms with Crippen molar-refractivity contribution in [3.63, 3.8) is 0 Å². The molecule has 0 radical (unpaired) electrons. The number of fused-ring (bicyclic) bond motifs is 1. The lowest BCUT2D eigenvalue weighted by Gasteiger charge is -2.26. The fraction of sp³-hybridized carbons (Fsp3) is 0.200. The van der Waals surface area contributed by atoms with Gasteiger partial charge in [0.05, 0.1) is 12.1 Å². The van der Waals surface area contributed by atoms with E-state index in [1.165, 1.54) is 6.07 Å². The Balaban J connectivity index is 0.00000272. The predicted octanol–water partition coefficient (Wildman–Crippen LogP) is 4.95. The SMILES string of the molecule is CNC[C@@H](O)[C@H](c1ccccc1)n1ccc2cc(OCc3ccccc3F)ccc21.Cl. The van der Waals surface area contributed by atoms with Crippen molar-refractivity contribution in [2.45, 2.75) is 18.8 Å². The second-order valence-electron chi connectivity index (χ2n) is 7.30. The molecule has 2 atom stereocenters. The minimum absolute atomic E-state index is 0. The largest absolute Gasteiger partial charge is 0.489 e. The number of aromatic nitrogens is 1. The van der Waals surface area contributed by atoms with E-state index in [9.17, 15) is 9.50 Å². The lowest BCUT2D eigenvalue weighted by atomic mass is 10.0. The molecule has 4 rings (SSSR count). The molecule has 0 spiro atoms. The molecule has 4 aromatic rings. The summed E-state index contributed by atoms with van der Waals surface area (Å²) in [6.07, 6.45) is 1.40. The Labute approximate surface area is 187 Å². The van der Waals surface area contributed by atoms with Crippen LogP contribution in [0.5, 0.6) is 5.75 Å². The summed E-state index contributed by atoms with van der Waals surface area (Å²) in [4.78, 5) is 0. The number of nitrogens with one attached hydrogen (secondary N) is 1. The minimum Gasteiger partial charge on any atom is -0.489 e. The third-order valence-electron chi connectivity index (χ3n) is 5.26. The van der Waals surface area contributed by atoms with E-state index in [0.29, 0.717) is 17.9 Å². The molecule has 0 fully saturated rings. The molecule has 4 nitrogen and oxygen atoms in total.